The summed E-state index contributed by atoms with van der Waals surface area (Å²) in [5, 5.41) is 14.4. The molecule has 2 saturated carbocycles. The quantitative estimate of drug-likeness (QED) is 0.819. The Morgan fingerprint density at radius 3 is 2.52 bits per heavy atom. The number of aliphatic hydroxyl groups excluding tert-OH is 1. The highest BCUT2D eigenvalue weighted by Gasteiger charge is 2.35. The van der Waals surface area contributed by atoms with Crippen LogP contribution in [0.4, 0.5) is 0 Å². The summed E-state index contributed by atoms with van der Waals surface area (Å²) in [7, 11) is 0. The molecule has 1 N–H and O–H groups in total. The van der Waals surface area contributed by atoms with Crippen molar-refractivity contribution in [2.45, 2.75) is 76.9 Å². The molecular weight excluding hydrogens is 392 g/mol. The third-order valence-electron chi connectivity index (χ3n) is 7.34. The van der Waals surface area contributed by atoms with Crippen molar-refractivity contribution in [3.63, 3.8) is 0 Å². The van der Waals surface area contributed by atoms with Gasteiger partial charge in [0.15, 0.2) is 5.69 Å². The second-order valence-corrected chi connectivity index (χ2v) is 9.45. The summed E-state index contributed by atoms with van der Waals surface area (Å²) in [5.41, 5.74) is 4.85. The maximum Gasteiger partial charge on any atom is 0.275 e. The van der Waals surface area contributed by atoms with Crippen LogP contribution in [0.3, 0.4) is 0 Å². The summed E-state index contributed by atoms with van der Waals surface area (Å²) in [5.74, 6) is 0.506. The van der Waals surface area contributed by atoms with E-state index >= 15 is 0 Å². The lowest BCUT2D eigenvalue weighted by Gasteiger charge is -2.41. The van der Waals surface area contributed by atoms with E-state index in [-0.39, 0.29) is 30.5 Å². The normalized spacial score (nSPS) is 24.8. The van der Waals surface area contributed by atoms with Gasteiger partial charge in [-0.2, -0.15) is 5.10 Å². The number of pyridine rings is 1. The monoisotopic (exact) mass is 424 g/mol. The van der Waals surface area contributed by atoms with Crippen molar-refractivity contribution in [1.29, 1.82) is 0 Å². The molecule has 0 atom stereocenters. The first-order chi connectivity index (χ1) is 15.0. The molecule has 7 nitrogen and oxygen atoms in total. The SMILES string of the molecule is CCc1cc(C2CC2)cc2c(C)c(C(=O)N3CCN(C4CCC(O)CC4)C(=O)C3)nn12. The molecule has 2 aromatic rings. The number of rotatable bonds is 4. The standard InChI is InChI=1S/C24H32N4O3/c1-3-18-12-17(16-4-5-16)13-21-15(2)23(25-28(18)21)24(31)26-10-11-27(22(30)14-26)19-6-8-20(29)9-7-19/h12-13,16,19-20,29H,3-11,14H2,1-2H3. The van der Waals surface area contributed by atoms with Gasteiger partial charge in [0.1, 0.15) is 6.54 Å². The highest BCUT2D eigenvalue weighted by atomic mass is 16.3. The molecule has 1 saturated heterocycles. The molecule has 166 valence electrons. The molecule has 2 aliphatic carbocycles. The minimum atomic E-state index is -0.235. The van der Waals surface area contributed by atoms with Gasteiger partial charge in [-0.1, -0.05) is 6.92 Å². The molecule has 0 bridgehead atoms. The number of carbonyl (C=O) groups excluding carboxylic acids is 2. The van der Waals surface area contributed by atoms with E-state index in [1.807, 2.05) is 16.3 Å². The average molecular weight is 425 g/mol. The van der Waals surface area contributed by atoms with Crippen LogP contribution in [0.1, 0.15) is 78.7 Å². The lowest BCUT2D eigenvalue weighted by Crippen LogP contribution is -2.56. The van der Waals surface area contributed by atoms with Crippen LogP contribution in [0.5, 0.6) is 0 Å². The molecule has 0 radical (unpaired) electrons. The van der Waals surface area contributed by atoms with Crippen molar-refractivity contribution in [2.24, 2.45) is 0 Å². The Hall–Kier alpha value is -2.41. The molecule has 0 spiro atoms. The van der Waals surface area contributed by atoms with Crippen LogP contribution in [0.25, 0.3) is 5.52 Å². The van der Waals surface area contributed by atoms with Crippen LogP contribution in [0.15, 0.2) is 12.1 Å². The highest BCUT2D eigenvalue weighted by molar-refractivity contribution is 5.98. The Labute approximate surface area is 183 Å². The van der Waals surface area contributed by atoms with E-state index in [1.165, 1.54) is 18.4 Å². The topological polar surface area (TPSA) is 78.2 Å². The van der Waals surface area contributed by atoms with Gasteiger partial charge in [0.25, 0.3) is 5.91 Å². The lowest BCUT2D eigenvalue weighted by molar-refractivity contribution is -0.138. The Bertz CT molecular complexity index is 1020. The molecule has 2 aromatic heterocycles. The maximum atomic E-state index is 13.3. The van der Waals surface area contributed by atoms with E-state index in [2.05, 4.69) is 19.1 Å². The van der Waals surface area contributed by atoms with Gasteiger partial charge in [-0.05, 0) is 75.5 Å². The Balaban J connectivity index is 1.36. The van der Waals surface area contributed by atoms with Gasteiger partial charge in [-0.3, -0.25) is 9.59 Å². The summed E-state index contributed by atoms with van der Waals surface area (Å²) in [6.45, 7) is 5.29. The number of fused-ring (bicyclic) bond motifs is 1. The van der Waals surface area contributed by atoms with E-state index in [4.69, 9.17) is 5.10 Å². The first kappa shape index (κ1) is 20.5. The number of hydrogen-bond donors (Lipinski definition) is 1. The largest absolute Gasteiger partial charge is 0.393 e. The van der Waals surface area contributed by atoms with Gasteiger partial charge in [-0.15, -0.1) is 0 Å². The Kier molecular flexibility index (Phi) is 5.24. The fraction of sp³-hybridized carbons (Fsp3) is 0.625. The predicted molar refractivity (Wildman–Crippen MR) is 117 cm³/mol. The Morgan fingerprint density at radius 2 is 1.87 bits per heavy atom. The van der Waals surface area contributed by atoms with E-state index in [9.17, 15) is 14.7 Å². The second-order valence-electron chi connectivity index (χ2n) is 9.45. The van der Waals surface area contributed by atoms with E-state index in [0.717, 1.165) is 48.9 Å². The summed E-state index contributed by atoms with van der Waals surface area (Å²) < 4.78 is 1.92. The third kappa shape index (κ3) is 3.73. The van der Waals surface area contributed by atoms with Crippen molar-refractivity contribution >= 4 is 17.3 Å². The number of piperazine rings is 1. The van der Waals surface area contributed by atoms with Gasteiger partial charge < -0.3 is 14.9 Å². The van der Waals surface area contributed by atoms with Gasteiger partial charge in [0, 0.05) is 30.4 Å². The van der Waals surface area contributed by atoms with Crippen molar-refractivity contribution in [2.75, 3.05) is 19.6 Å². The van der Waals surface area contributed by atoms with Crippen LogP contribution in [-0.2, 0) is 11.2 Å². The zero-order valence-electron chi connectivity index (χ0n) is 18.5. The van der Waals surface area contributed by atoms with Crippen LogP contribution in [0, 0.1) is 6.92 Å². The number of carbonyl (C=O) groups is 2. The summed E-state index contributed by atoms with van der Waals surface area (Å²) in [6, 6.07) is 4.61. The molecule has 7 heteroatoms. The fourth-order valence-corrected chi connectivity index (χ4v) is 5.22. The second kappa shape index (κ2) is 7.93. The number of hydrogen-bond acceptors (Lipinski definition) is 4. The Morgan fingerprint density at radius 1 is 1.13 bits per heavy atom. The van der Waals surface area contributed by atoms with Crippen LogP contribution < -0.4 is 0 Å². The smallest absolute Gasteiger partial charge is 0.275 e. The van der Waals surface area contributed by atoms with Crippen LogP contribution in [-0.4, -0.2) is 68.1 Å². The summed E-state index contributed by atoms with van der Waals surface area (Å²) in [4.78, 5) is 29.8. The van der Waals surface area contributed by atoms with E-state index < -0.39 is 0 Å². The fourth-order valence-electron chi connectivity index (χ4n) is 5.22. The van der Waals surface area contributed by atoms with Gasteiger partial charge in [-0.25, -0.2) is 4.52 Å². The lowest BCUT2D eigenvalue weighted by atomic mass is 9.91. The summed E-state index contributed by atoms with van der Waals surface area (Å²) >= 11 is 0. The molecule has 3 fully saturated rings. The van der Waals surface area contributed by atoms with Gasteiger partial charge >= 0.3 is 0 Å². The molecule has 3 aliphatic rings. The number of aliphatic hydroxyl groups is 1. The zero-order chi connectivity index (χ0) is 21.7. The third-order valence-corrected chi connectivity index (χ3v) is 7.34. The van der Waals surface area contributed by atoms with Crippen LogP contribution >= 0.6 is 0 Å². The number of aromatic nitrogens is 2. The number of nitrogens with zero attached hydrogens (tertiary/aromatic N) is 4. The van der Waals surface area contributed by atoms with Gasteiger partial charge in [0.05, 0.1) is 11.6 Å². The van der Waals surface area contributed by atoms with Crippen molar-refractivity contribution in [3.8, 4) is 0 Å². The number of amides is 2. The summed E-state index contributed by atoms with van der Waals surface area (Å²) in [6.07, 6.45) is 6.29. The highest BCUT2D eigenvalue weighted by Crippen LogP contribution is 2.41. The minimum Gasteiger partial charge on any atom is -0.393 e. The molecule has 0 unspecified atom stereocenters. The molecule has 31 heavy (non-hydrogen) atoms. The molecule has 3 heterocycles. The maximum absolute atomic E-state index is 13.3. The van der Waals surface area contributed by atoms with Crippen molar-refractivity contribution in [1.82, 2.24) is 19.4 Å². The van der Waals surface area contributed by atoms with E-state index in [1.54, 1.807) is 4.90 Å². The molecule has 1 aliphatic heterocycles. The predicted octanol–water partition coefficient (Wildman–Crippen LogP) is 2.67. The first-order valence-electron chi connectivity index (χ1n) is 11.7. The zero-order valence-corrected chi connectivity index (χ0v) is 18.5. The molecule has 0 aromatic carbocycles. The minimum absolute atomic E-state index is 0.00711. The van der Waals surface area contributed by atoms with Crippen molar-refractivity contribution < 1.29 is 14.7 Å². The molecule has 5 rings (SSSR count). The van der Waals surface area contributed by atoms with E-state index in [0.29, 0.717) is 24.7 Å². The molecular formula is C24H32N4O3. The number of aryl methyl sites for hydroxylation is 2. The van der Waals surface area contributed by atoms with Crippen LogP contribution in [0.2, 0.25) is 0 Å². The van der Waals surface area contributed by atoms with Crippen molar-refractivity contribution in [3.05, 3.63) is 34.6 Å². The average Bonchev–Trinajstić information content (AvgIpc) is 3.57. The molecule has 2 amide bonds. The van der Waals surface area contributed by atoms with Gasteiger partial charge in [0.2, 0.25) is 5.91 Å². The first-order valence-corrected chi connectivity index (χ1v) is 11.7.